The molecule has 0 aromatic heterocycles. The van der Waals surface area contributed by atoms with Gasteiger partial charge in [-0.15, -0.1) is 0 Å². The molecule has 21 heteroatoms. The van der Waals surface area contributed by atoms with Gasteiger partial charge in [0.2, 0.25) is 0 Å². The predicted molar refractivity (Wildman–Crippen MR) is 259 cm³/mol. The molecule has 0 saturated carbocycles. The summed E-state index contributed by atoms with van der Waals surface area (Å²) in [5.41, 5.74) is -12.7. The second-order valence-electron chi connectivity index (χ2n) is 19.4. The van der Waals surface area contributed by atoms with E-state index in [0.29, 0.717) is 0 Å². The molecule has 0 atom stereocenters. The summed E-state index contributed by atoms with van der Waals surface area (Å²) in [5, 5.41) is 0. The van der Waals surface area contributed by atoms with E-state index in [9.17, 15) is 0 Å². The summed E-state index contributed by atoms with van der Waals surface area (Å²) >= 11 is 41.0. The molecule has 0 aliphatic carbocycles. The van der Waals surface area contributed by atoms with Crippen molar-refractivity contribution >= 4 is 143 Å². The topological polar surface area (TPSA) is 73.8 Å². The van der Waals surface area contributed by atoms with Gasteiger partial charge < -0.3 is 85.2 Å². The van der Waals surface area contributed by atoms with Gasteiger partial charge in [-0.3, -0.25) is 0 Å². The van der Waals surface area contributed by atoms with Crippen molar-refractivity contribution < 1.29 is 36.2 Å². The molecule has 0 rings (SSSR count). The first-order valence-electron chi connectivity index (χ1n) is 16.6. The molecule has 0 bridgehead atoms. The first-order chi connectivity index (χ1) is 21.7. The van der Waals surface area contributed by atoms with E-state index in [1.54, 1.807) is 0 Å². The second kappa shape index (κ2) is 24.4. The van der Waals surface area contributed by atoms with Crippen molar-refractivity contribution in [2.75, 3.05) is 0 Å². The van der Waals surface area contributed by atoms with Crippen molar-refractivity contribution in [3.05, 3.63) is 0 Å². The maximum Gasteiger partial charge on any atom is 4.00 e. The minimum absolute atomic E-state index is 0. The minimum atomic E-state index is -2.52. The van der Waals surface area contributed by atoms with Crippen LogP contribution >= 0.6 is 22.8 Å². The normalized spacial score (nSPS) is 14.4. The summed E-state index contributed by atoms with van der Waals surface area (Å²) in [7, 11) is 0. The molecule has 0 aromatic rings. The Morgan fingerprint density at radius 2 is 0.302 bits per heavy atom. The van der Waals surface area contributed by atoms with Gasteiger partial charge in [-0.25, -0.2) is 0 Å². The van der Waals surface area contributed by atoms with Crippen LogP contribution in [0.2, 0.25) is 0 Å². The second-order valence-corrected chi connectivity index (χ2v) is 38.8. The van der Waals surface area contributed by atoms with Gasteiger partial charge in [0.1, 0.15) is 0 Å². The van der Waals surface area contributed by atoms with Crippen molar-refractivity contribution in [1.29, 1.82) is 0 Å². The molecule has 0 radical (unpaired) electrons. The zero-order valence-electron chi connectivity index (χ0n) is 36.8. The molecule has 320 valence electrons. The van der Waals surface area contributed by atoms with Crippen molar-refractivity contribution in [3.8, 4) is 0 Å². The van der Waals surface area contributed by atoms with Gasteiger partial charge in [0, 0.05) is 0 Å². The van der Waals surface area contributed by atoms with Crippen LogP contribution in [0.15, 0.2) is 0 Å². The third-order valence-electron chi connectivity index (χ3n) is 3.09. The maximum absolute atomic E-state index is 5.52. The van der Waals surface area contributed by atoms with Crippen molar-refractivity contribution in [1.82, 2.24) is 0 Å². The third-order valence-corrected chi connectivity index (χ3v) is 12.8. The van der Waals surface area contributed by atoms with Crippen molar-refractivity contribution in [2.45, 2.75) is 211 Å². The fourth-order valence-corrected chi connectivity index (χ4v) is 19.0. The van der Waals surface area contributed by atoms with Crippen LogP contribution in [0.25, 0.3) is 0 Å². The molecule has 0 heterocycles. The molecular formula is C32H72O8P4S8Sn. The van der Waals surface area contributed by atoms with E-state index >= 15 is 0 Å². The van der Waals surface area contributed by atoms with E-state index in [2.05, 4.69) is 0 Å². The molecule has 8 nitrogen and oxygen atoms in total. The molecule has 0 spiro atoms. The molecule has 53 heavy (non-hydrogen) atoms. The molecular weight excluding hydrogens is 1010 g/mol. The summed E-state index contributed by atoms with van der Waals surface area (Å²) in [6.45, 7) is 46.2. The van der Waals surface area contributed by atoms with Crippen LogP contribution in [0.4, 0.5) is 0 Å². The number of hydrogen-bond donors (Lipinski definition) is 0. The van der Waals surface area contributed by atoms with Gasteiger partial charge in [0.25, 0.3) is 0 Å². The smallest absolute Gasteiger partial charge is 0.691 e. The third kappa shape index (κ3) is 60.9. The van der Waals surface area contributed by atoms with Crippen LogP contribution in [0, 0.1) is 0 Å². The first kappa shape index (κ1) is 66.6. The average molecular weight is 1080 g/mol. The van der Waals surface area contributed by atoms with E-state index in [1.165, 1.54) is 0 Å². The molecule has 0 saturated heterocycles. The van der Waals surface area contributed by atoms with Crippen LogP contribution in [0.3, 0.4) is 0 Å². The molecule has 0 aliphatic heterocycles. The van der Waals surface area contributed by atoms with E-state index in [4.69, 9.17) is 132 Å². The number of rotatable bonds is 8. The fourth-order valence-electron chi connectivity index (χ4n) is 2.76. The summed E-state index contributed by atoms with van der Waals surface area (Å²) in [4.78, 5) is 0. The van der Waals surface area contributed by atoms with Crippen LogP contribution in [-0.4, -0.2) is 68.7 Å². The van der Waals surface area contributed by atoms with Gasteiger partial charge in [-0.05, 0) is 166 Å². The summed E-state index contributed by atoms with van der Waals surface area (Å²) < 4.78 is 44.2. The molecule has 0 aliphatic rings. The van der Waals surface area contributed by atoms with Crippen LogP contribution in [-0.2, 0) is 132 Å². The zero-order chi connectivity index (χ0) is 43.7. The largest absolute Gasteiger partial charge is 4.00 e. The van der Waals surface area contributed by atoms with Crippen molar-refractivity contribution in [2.24, 2.45) is 0 Å². The fraction of sp³-hybridized carbons (Fsp3) is 1.00. The summed E-state index contributed by atoms with van der Waals surface area (Å²) in [6, 6.07) is 0. The van der Waals surface area contributed by atoms with Gasteiger partial charge in [0.05, 0.1) is 67.6 Å². The van der Waals surface area contributed by atoms with Crippen LogP contribution in [0.5, 0.6) is 0 Å². The number of hydrogen-bond acceptors (Lipinski definition) is 16. The van der Waals surface area contributed by atoms with E-state index < -0.39 is 22.8 Å². The Labute approximate surface area is 386 Å². The average Bonchev–Trinajstić information content (AvgIpc) is 2.51. The Kier molecular flexibility index (Phi) is 30.6. The zero-order valence-corrected chi connectivity index (χ0v) is 49.8. The SMILES string of the molecule is CC(C)(C)OP(=S)([S-])OC(C)(C)C.CC(C)(C)OP(=S)([S-])OC(C)(C)C.CC(C)(C)OP(=S)([S-])OC(C)(C)C.CC(C)(C)OP(=S)([S-])OC(C)(C)C.[Sn+4]. The standard InChI is InChI=1S/4C8H19O2PS2.Sn/c4*1-7(2,3)9-11(12,13)10-8(4,5)6;/h4*1-6H3,(H,12,13);/q;;;;+4/p-4. The minimum Gasteiger partial charge on any atom is -0.691 e. The Morgan fingerprint density at radius 3 is 0.340 bits per heavy atom. The molecule has 0 aromatic carbocycles. The predicted octanol–water partition coefficient (Wildman–Crippen LogP) is 13.2. The summed E-state index contributed by atoms with van der Waals surface area (Å²) in [5.74, 6) is 0. The molecule has 0 amide bonds. The molecule has 0 unspecified atom stereocenters. The van der Waals surface area contributed by atoms with E-state index in [1.807, 2.05) is 166 Å². The quantitative estimate of drug-likeness (QED) is 0.131. The molecule has 0 N–H and O–H groups in total. The summed E-state index contributed by atoms with van der Waals surface area (Å²) in [6.07, 6.45) is 0. The first-order valence-corrected chi connectivity index (χ1v) is 31.2. The van der Waals surface area contributed by atoms with E-state index in [0.717, 1.165) is 0 Å². The van der Waals surface area contributed by atoms with Gasteiger partial charge in [-0.1, -0.05) is 47.2 Å². The Bertz CT molecular complexity index is 980. The van der Waals surface area contributed by atoms with Crippen LogP contribution in [0.1, 0.15) is 166 Å². The van der Waals surface area contributed by atoms with Gasteiger partial charge in [0.15, 0.2) is 0 Å². The van der Waals surface area contributed by atoms with Gasteiger partial charge in [-0.2, -0.15) is 0 Å². The molecule has 0 fully saturated rings. The maximum atomic E-state index is 5.52. The van der Waals surface area contributed by atoms with Crippen LogP contribution < -0.4 is 0 Å². The monoisotopic (exact) mass is 1080 g/mol. The van der Waals surface area contributed by atoms with E-state index in [-0.39, 0.29) is 68.7 Å². The Balaban J connectivity index is -0.000000192. The van der Waals surface area contributed by atoms with Gasteiger partial charge >= 0.3 is 23.9 Å². The van der Waals surface area contributed by atoms with Crippen molar-refractivity contribution in [3.63, 3.8) is 0 Å². The Morgan fingerprint density at radius 1 is 0.245 bits per heavy atom. The Hall–Kier alpha value is 4.48.